The van der Waals surface area contributed by atoms with Crippen LogP contribution in [-0.2, 0) is 4.65 Å². The average molecular weight is 224 g/mol. The molecule has 0 fully saturated rings. The molecule has 16 heavy (non-hydrogen) atoms. The third-order valence-corrected chi connectivity index (χ3v) is 2.69. The molecule has 0 bridgehead atoms. The monoisotopic (exact) mass is 224 g/mol. The zero-order chi connectivity index (χ0) is 12.4. The van der Waals surface area contributed by atoms with Gasteiger partial charge >= 0.3 is 7.12 Å². The summed E-state index contributed by atoms with van der Waals surface area (Å²) in [5.74, 6) is 0. The van der Waals surface area contributed by atoms with Gasteiger partial charge in [-0.2, -0.15) is 0 Å². The highest BCUT2D eigenvalue weighted by Crippen LogP contribution is 2.24. The summed E-state index contributed by atoms with van der Waals surface area (Å²) in [5, 5.41) is 19.6. The van der Waals surface area contributed by atoms with E-state index in [1.807, 2.05) is 0 Å². The van der Waals surface area contributed by atoms with Gasteiger partial charge in [0.05, 0.1) is 11.2 Å². The molecule has 88 valence electrons. The second-order valence-corrected chi connectivity index (χ2v) is 4.65. The fraction of sp³-hybridized carbons (Fsp3) is 0.600. The van der Waals surface area contributed by atoms with Crippen molar-refractivity contribution in [3.05, 3.63) is 18.5 Å². The quantitative estimate of drug-likeness (QED) is 0.688. The molecular weight excluding hydrogens is 207 g/mol. The lowest BCUT2D eigenvalue weighted by Gasteiger charge is -2.38. The minimum atomic E-state index is -1.25. The van der Waals surface area contributed by atoms with Crippen molar-refractivity contribution < 1.29 is 14.8 Å². The smallest absolute Gasteiger partial charge is 0.421 e. The number of rotatable bonds is 4. The molecule has 0 atom stereocenters. The molecular formula is C10H17BN2O3. The predicted molar refractivity (Wildman–Crippen MR) is 61.1 cm³/mol. The molecule has 0 saturated heterocycles. The van der Waals surface area contributed by atoms with E-state index < -0.39 is 18.3 Å². The van der Waals surface area contributed by atoms with Crippen molar-refractivity contribution in [2.24, 2.45) is 0 Å². The van der Waals surface area contributed by atoms with E-state index in [-0.39, 0.29) is 5.72 Å². The van der Waals surface area contributed by atoms with Crippen LogP contribution in [0.3, 0.4) is 0 Å². The van der Waals surface area contributed by atoms with Gasteiger partial charge in [-0.1, -0.05) is 0 Å². The van der Waals surface area contributed by atoms with Crippen LogP contribution in [0.25, 0.3) is 0 Å². The van der Waals surface area contributed by atoms with Crippen LogP contribution < -0.4 is 5.72 Å². The maximum Gasteiger partial charge on any atom is 0.531 e. The number of nitrogens with zero attached hydrogens (tertiary/aromatic N) is 2. The first-order chi connectivity index (χ1) is 7.24. The van der Waals surface area contributed by atoms with E-state index in [1.54, 1.807) is 33.8 Å². The number of hydrogen-bond acceptors (Lipinski definition) is 5. The summed E-state index contributed by atoms with van der Waals surface area (Å²) >= 11 is 0. The van der Waals surface area contributed by atoms with Crippen LogP contribution in [0.4, 0.5) is 0 Å². The van der Waals surface area contributed by atoms with Crippen LogP contribution in [-0.4, -0.2) is 38.4 Å². The molecule has 0 unspecified atom stereocenters. The second kappa shape index (κ2) is 4.49. The van der Waals surface area contributed by atoms with Gasteiger partial charge in [-0.3, -0.25) is 0 Å². The van der Waals surface area contributed by atoms with Crippen LogP contribution >= 0.6 is 0 Å². The first kappa shape index (κ1) is 13.1. The molecule has 1 heterocycles. The summed E-state index contributed by atoms with van der Waals surface area (Å²) in [6, 6.07) is 1.65. The number of aliphatic hydroxyl groups is 1. The Morgan fingerprint density at radius 3 is 2.12 bits per heavy atom. The minimum Gasteiger partial charge on any atom is -0.421 e. The van der Waals surface area contributed by atoms with Crippen LogP contribution in [0.15, 0.2) is 18.5 Å². The van der Waals surface area contributed by atoms with E-state index in [4.69, 9.17) is 4.65 Å². The molecule has 0 radical (unpaired) electrons. The van der Waals surface area contributed by atoms with E-state index in [0.717, 1.165) is 0 Å². The van der Waals surface area contributed by atoms with Crippen LogP contribution in [0, 0.1) is 0 Å². The van der Waals surface area contributed by atoms with Gasteiger partial charge in [0.25, 0.3) is 0 Å². The largest absolute Gasteiger partial charge is 0.531 e. The summed E-state index contributed by atoms with van der Waals surface area (Å²) in [6.45, 7) is 6.62. The molecule has 1 rings (SSSR count). The zero-order valence-corrected chi connectivity index (χ0v) is 10.0. The third-order valence-electron chi connectivity index (χ3n) is 2.69. The van der Waals surface area contributed by atoms with Gasteiger partial charge in [-0.05, 0) is 33.8 Å². The van der Waals surface area contributed by atoms with Crippen molar-refractivity contribution in [2.45, 2.75) is 38.9 Å². The van der Waals surface area contributed by atoms with Gasteiger partial charge in [0, 0.05) is 12.4 Å². The van der Waals surface area contributed by atoms with E-state index >= 15 is 0 Å². The molecule has 6 heteroatoms. The summed E-state index contributed by atoms with van der Waals surface area (Å²) < 4.78 is 5.37. The van der Waals surface area contributed by atoms with E-state index in [1.165, 1.54) is 12.4 Å². The van der Waals surface area contributed by atoms with Crippen molar-refractivity contribution >= 4 is 12.8 Å². The highest BCUT2D eigenvalue weighted by Gasteiger charge is 2.40. The molecule has 0 amide bonds. The lowest BCUT2D eigenvalue weighted by atomic mass is 9.82. The van der Waals surface area contributed by atoms with E-state index in [9.17, 15) is 10.1 Å². The standard InChI is InChI=1S/C10H17BN2O3/c1-9(2,14)10(3,4)16-11(15)8-12-6-5-7-13-8/h5-7,14-15H,1-4H3. The fourth-order valence-corrected chi connectivity index (χ4v) is 0.914. The van der Waals surface area contributed by atoms with Crippen molar-refractivity contribution in [1.82, 2.24) is 9.97 Å². The Balaban J connectivity index is 2.76. The average Bonchev–Trinajstić information content (AvgIpc) is 2.16. The van der Waals surface area contributed by atoms with Crippen molar-refractivity contribution in [3.8, 4) is 0 Å². The Morgan fingerprint density at radius 1 is 1.19 bits per heavy atom. The molecule has 0 aliphatic carbocycles. The SMILES string of the molecule is CC(C)(O)C(C)(C)OB(O)c1ncccn1. The minimum absolute atomic E-state index is 0.180. The molecule has 1 aromatic rings. The molecule has 2 N–H and O–H groups in total. The van der Waals surface area contributed by atoms with E-state index in [2.05, 4.69) is 9.97 Å². The Bertz CT molecular complexity index is 338. The normalized spacial score (nSPS) is 12.6. The topological polar surface area (TPSA) is 75.5 Å². The maximum absolute atomic E-state index is 9.86. The Kier molecular flexibility index (Phi) is 3.67. The fourth-order valence-electron chi connectivity index (χ4n) is 0.914. The van der Waals surface area contributed by atoms with E-state index in [0.29, 0.717) is 0 Å². The number of aromatic nitrogens is 2. The molecule has 0 aliphatic rings. The van der Waals surface area contributed by atoms with Crippen LogP contribution in [0.1, 0.15) is 27.7 Å². The molecule has 0 aromatic carbocycles. The maximum atomic E-state index is 9.86. The third kappa shape index (κ3) is 3.01. The molecule has 0 spiro atoms. The molecule has 0 aliphatic heterocycles. The Morgan fingerprint density at radius 2 is 1.69 bits per heavy atom. The molecule has 0 saturated carbocycles. The van der Waals surface area contributed by atoms with Gasteiger partial charge in [0.15, 0.2) is 5.72 Å². The molecule has 1 aromatic heterocycles. The highest BCUT2D eigenvalue weighted by molar-refractivity contribution is 6.58. The van der Waals surface area contributed by atoms with Crippen molar-refractivity contribution in [2.75, 3.05) is 0 Å². The first-order valence-electron chi connectivity index (χ1n) is 5.09. The van der Waals surface area contributed by atoms with Crippen LogP contribution in [0.2, 0.25) is 0 Å². The first-order valence-corrected chi connectivity index (χ1v) is 5.09. The Labute approximate surface area is 95.7 Å². The number of hydrogen-bond donors (Lipinski definition) is 2. The summed E-state index contributed by atoms with van der Waals surface area (Å²) in [4.78, 5) is 7.75. The van der Waals surface area contributed by atoms with Crippen molar-refractivity contribution in [3.63, 3.8) is 0 Å². The molecule has 5 nitrogen and oxygen atoms in total. The Hall–Kier alpha value is -0.975. The highest BCUT2D eigenvalue weighted by atomic mass is 16.5. The van der Waals surface area contributed by atoms with Gasteiger partial charge < -0.3 is 14.8 Å². The predicted octanol–water partition coefficient (Wildman–Crippen LogP) is -0.270. The van der Waals surface area contributed by atoms with Gasteiger partial charge in [0.1, 0.15) is 0 Å². The van der Waals surface area contributed by atoms with Gasteiger partial charge in [0.2, 0.25) is 0 Å². The summed E-state index contributed by atoms with van der Waals surface area (Å²) in [6.07, 6.45) is 3.04. The van der Waals surface area contributed by atoms with Crippen LogP contribution in [0.5, 0.6) is 0 Å². The second-order valence-electron chi connectivity index (χ2n) is 4.65. The lowest BCUT2D eigenvalue weighted by molar-refractivity contribution is -0.0984. The van der Waals surface area contributed by atoms with Gasteiger partial charge in [-0.15, -0.1) is 0 Å². The van der Waals surface area contributed by atoms with Gasteiger partial charge in [-0.25, -0.2) is 9.97 Å². The summed E-state index contributed by atoms with van der Waals surface area (Å²) in [7, 11) is -1.25. The summed E-state index contributed by atoms with van der Waals surface area (Å²) in [5.41, 5.74) is -1.81. The lowest BCUT2D eigenvalue weighted by Crippen LogP contribution is -2.54. The zero-order valence-electron chi connectivity index (χ0n) is 10.0. The van der Waals surface area contributed by atoms with Crippen molar-refractivity contribution in [1.29, 1.82) is 0 Å².